The summed E-state index contributed by atoms with van der Waals surface area (Å²) in [7, 11) is 1.29. The second-order valence-electron chi connectivity index (χ2n) is 3.37. The maximum Gasteiger partial charge on any atom is 0.315 e. The molecule has 3 nitrogen and oxygen atoms in total. The minimum atomic E-state index is -0.685. The number of methoxy groups -OCH3 is 1. The van der Waals surface area contributed by atoms with Crippen LogP contribution in [0.25, 0.3) is 0 Å². The molecule has 0 fully saturated rings. The average molecular weight is 206 g/mol. The van der Waals surface area contributed by atoms with E-state index in [1.54, 1.807) is 6.92 Å². The summed E-state index contributed by atoms with van der Waals surface area (Å²) in [5.74, 6) is -1.28. The van der Waals surface area contributed by atoms with E-state index in [9.17, 15) is 9.59 Å². The molecular weight excluding hydrogens is 192 g/mol. The molecule has 0 bridgehead atoms. The zero-order valence-electron chi connectivity index (χ0n) is 8.90. The summed E-state index contributed by atoms with van der Waals surface area (Å²) in [4.78, 5) is 22.7. The second-order valence-corrected chi connectivity index (χ2v) is 3.37. The molecule has 0 N–H and O–H groups in total. The van der Waals surface area contributed by atoms with Gasteiger partial charge in [-0.15, -0.1) is 0 Å². The van der Waals surface area contributed by atoms with E-state index >= 15 is 0 Å². The van der Waals surface area contributed by atoms with Gasteiger partial charge in [0.25, 0.3) is 0 Å². The smallest absolute Gasteiger partial charge is 0.315 e. The largest absolute Gasteiger partial charge is 0.468 e. The first-order valence-electron chi connectivity index (χ1n) is 4.79. The normalized spacial score (nSPS) is 11.9. The van der Waals surface area contributed by atoms with Crippen molar-refractivity contribution in [3.8, 4) is 0 Å². The van der Waals surface area contributed by atoms with Crippen LogP contribution in [0, 0.1) is 5.92 Å². The third-order valence-corrected chi connectivity index (χ3v) is 2.26. The molecule has 1 rings (SSSR count). The number of ketones is 1. The van der Waals surface area contributed by atoms with Gasteiger partial charge in [-0.3, -0.25) is 9.59 Å². The summed E-state index contributed by atoms with van der Waals surface area (Å²) in [5, 5.41) is 0. The van der Waals surface area contributed by atoms with E-state index in [1.165, 1.54) is 7.11 Å². The summed E-state index contributed by atoms with van der Waals surface area (Å²) in [6.45, 7) is 1.57. The van der Waals surface area contributed by atoms with Crippen molar-refractivity contribution in [1.82, 2.24) is 0 Å². The molecule has 15 heavy (non-hydrogen) atoms. The fourth-order valence-electron chi connectivity index (χ4n) is 1.26. The van der Waals surface area contributed by atoms with Crippen LogP contribution in [0.2, 0.25) is 0 Å². The van der Waals surface area contributed by atoms with Gasteiger partial charge in [0.15, 0.2) is 5.78 Å². The molecule has 0 heterocycles. The number of benzene rings is 1. The van der Waals surface area contributed by atoms with Crippen LogP contribution in [-0.2, 0) is 20.7 Å². The maximum absolute atomic E-state index is 11.6. The van der Waals surface area contributed by atoms with E-state index in [4.69, 9.17) is 0 Å². The highest BCUT2D eigenvalue weighted by atomic mass is 16.5. The van der Waals surface area contributed by atoms with Crippen molar-refractivity contribution in [3.63, 3.8) is 0 Å². The van der Waals surface area contributed by atoms with Crippen LogP contribution in [0.15, 0.2) is 30.3 Å². The predicted molar refractivity (Wildman–Crippen MR) is 56.3 cm³/mol. The highest BCUT2D eigenvalue weighted by Gasteiger charge is 2.21. The van der Waals surface area contributed by atoms with Gasteiger partial charge in [0.1, 0.15) is 5.92 Å². The standard InChI is InChI=1S/C12H14O3/c1-9(12(14)15-2)11(13)8-10-6-4-3-5-7-10/h3-7,9H,8H2,1-2H3/t9-/m1/s1. The first-order chi connectivity index (χ1) is 7.15. The molecule has 1 atom stereocenters. The number of ether oxygens (including phenoxy) is 1. The van der Waals surface area contributed by atoms with E-state index in [2.05, 4.69) is 4.74 Å². The average Bonchev–Trinajstić information content (AvgIpc) is 2.28. The van der Waals surface area contributed by atoms with Gasteiger partial charge in [-0.2, -0.15) is 0 Å². The molecular formula is C12H14O3. The third kappa shape index (κ3) is 3.20. The van der Waals surface area contributed by atoms with Gasteiger partial charge >= 0.3 is 5.97 Å². The first kappa shape index (κ1) is 11.4. The quantitative estimate of drug-likeness (QED) is 0.555. The van der Waals surface area contributed by atoms with E-state index in [-0.39, 0.29) is 12.2 Å². The van der Waals surface area contributed by atoms with Crippen molar-refractivity contribution in [2.24, 2.45) is 5.92 Å². The molecule has 1 aromatic rings. The molecule has 0 saturated carbocycles. The second kappa shape index (κ2) is 5.29. The lowest BCUT2D eigenvalue weighted by Gasteiger charge is -2.07. The Bertz CT molecular complexity index is 343. The molecule has 0 aliphatic heterocycles. The lowest BCUT2D eigenvalue weighted by atomic mass is 10.00. The van der Waals surface area contributed by atoms with Crippen LogP contribution < -0.4 is 0 Å². The molecule has 80 valence electrons. The summed E-state index contributed by atoms with van der Waals surface area (Å²) in [6.07, 6.45) is 0.275. The first-order valence-corrected chi connectivity index (χ1v) is 4.79. The zero-order valence-corrected chi connectivity index (χ0v) is 8.90. The van der Waals surface area contributed by atoms with Crippen molar-refractivity contribution >= 4 is 11.8 Å². The maximum atomic E-state index is 11.6. The molecule has 0 saturated heterocycles. The molecule has 0 radical (unpaired) electrons. The number of carbonyl (C=O) groups is 2. The van der Waals surface area contributed by atoms with Crippen molar-refractivity contribution in [3.05, 3.63) is 35.9 Å². The Labute approximate surface area is 89.1 Å². The van der Waals surface area contributed by atoms with Crippen molar-refractivity contribution in [1.29, 1.82) is 0 Å². The number of Topliss-reactive ketones (excluding diaryl/α,β-unsaturated/α-hetero) is 1. The lowest BCUT2D eigenvalue weighted by Crippen LogP contribution is -2.23. The SMILES string of the molecule is COC(=O)[C@H](C)C(=O)Cc1ccccc1. The molecule has 0 amide bonds. The monoisotopic (exact) mass is 206 g/mol. The Morgan fingerprint density at radius 1 is 1.27 bits per heavy atom. The molecule has 0 spiro atoms. The Hall–Kier alpha value is -1.64. The Balaban J connectivity index is 2.60. The number of hydrogen-bond acceptors (Lipinski definition) is 3. The molecule has 1 aromatic carbocycles. The van der Waals surface area contributed by atoms with Crippen LogP contribution in [0.3, 0.4) is 0 Å². The highest BCUT2D eigenvalue weighted by Crippen LogP contribution is 2.07. The lowest BCUT2D eigenvalue weighted by molar-refractivity contribution is -0.148. The van der Waals surface area contributed by atoms with E-state index in [0.717, 1.165) is 5.56 Å². The third-order valence-electron chi connectivity index (χ3n) is 2.26. The van der Waals surface area contributed by atoms with Crippen LogP contribution in [0.1, 0.15) is 12.5 Å². The van der Waals surface area contributed by atoms with Gasteiger partial charge in [-0.1, -0.05) is 30.3 Å². The highest BCUT2D eigenvalue weighted by molar-refractivity contribution is 5.99. The fourth-order valence-corrected chi connectivity index (χ4v) is 1.26. The fraction of sp³-hybridized carbons (Fsp3) is 0.333. The molecule has 0 aliphatic carbocycles. The van der Waals surface area contributed by atoms with Crippen molar-refractivity contribution < 1.29 is 14.3 Å². The minimum Gasteiger partial charge on any atom is -0.468 e. The van der Waals surface area contributed by atoms with Gasteiger partial charge in [-0.05, 0) is 12.5 Å². The number of esters is 1. The Kier molecular flexibility index (Phi) is 4.03. The van der Waals surface area contributed by atoms with Crippen molar-refractivity contribution in [2.75, 3.05) is 7.11 Å². The number of hydrogen-bond donors (Lipinski definition) is 0. The topological polar surface area (TPSA) is 43.4 Å². The van der Waals surface area contributed by atoms with Crippen LogP contribution in [0.4, 0.5) is 0 Å². The van der Waals surface area contributed by atoms with E-state index < -0.39 is 11.9 Å². The Morgan fingerprint density at radius 3 is 2.40 bits per heavy atom. The van der Waals surface area contributed by atoms with Crippen LogP contribution >= 0.6 is 0 Å². The van der Waals surface area contributed by atoms with Gasteiger partial charge in [0.05, 0.1) is 7.11 Å². The van der Waals surface area contributed by atoms with E-state index in [1.807, 2.05) is 30.3 Å². The molecule has 0 aromatic heterocycles. The Morgan fingerprint density at radius 2 is 1.87 bits per heavy atom. The molecule has 0 aliphatic rings. The van der Waals surface area contributed by atoms with Gasteiger partial charge in [0.2, 0.25) is 0 Å². The van der Waals surface area contributed by atoms with Crippen LogP contribution in [0.5, 0.6) is 0 Å². The van der Waals surface area contributed by atoms with Gasteiger partial charge in [-0.25, -0.2) is 0 Å². The summed E-state index contributed by atoms with van der Waals surface area (Å²) in [5.41, 5.74) is 0.915. The minimum absolute atomic E-state index is 0.118. The van der Waals surface area contributed by atoms with Gasteiger partial charge in [0, 0.05) is 6.42 Å². The summed E-state index contributed by atoms with van der Waals surface area (Å²) < 4.78 is 4.51. The van der Waals surface area contributed by atoms with Crippen LogP contribution in [-0.4, -0.2) is 18.9 Å². The molecule has 3 heteroatoms. The molecule has 0 unspecified atom stereocenters. The number of rotatable bonds is 4. The van der Waals surface area contributed by atoms with E-state index in [0.29, 0.717) is 0 Å². The predicted octanol–water partition coefficient (Wildman–Crippen LogP) is 1.61. The number of carbonyl (C=O) groups excluding carboxylic acids is 2. The summed E-state index contributed by atoms with van der Waals surface area (Å²) >= 11 is 0. The summed E-state index contributed by atoms with van der Waals surface area (Å²) in [6, 6.07) is 9.35. The van der Waals surface area contributed by atoms with Crippen molar-refractivity contribution in [2.45, 2.75) is 13.3 Å². The zero-order chi connectivity index (χ0) is 11.3. The van der Waals surface area contributed by atoms with Gasteiger partial charge < -0.3 is 4.74 Å².